The van der Waals surface area contributed by atoms with Gasteiger partial charge >= 0.3 is 0 Å². The highest BCUT2D eigenvalue weighted by molar-refractivity contribution is 5.88. The number of nitrogens with two attached hydrogens (primary N) is 1. The van der Waals surface area contributed by atoms with Gasteiger partial charge in [-0.2, -0.15) is 0 Å². The first-order valence-corrected chi connectivity index (χ1v) is 7.49. The highest BCUT2D eigenvalue weighted by Gasteiger charge is 2.33. The molecule has 0 aromatic heterocycles. The van der Waals surface area contributed by atoms with Gasteiger partial charge in [-0.05, 0) is 30.9 Å². The highest BCUT2D eigenvalue weighted by Crippen LogP contribution is 2.30. The van der Waals surface area contributed by atoms with E-state index < -0.39 is 0 Å². The van der Waals surface area contributed by atoms with E-state index in [-0.39, 0.29) is 23.8 Å². The van der Waals surface area contributed by atoms with Crippen molar-refractivity contribution in [2.75, 3.05) is 18.4 Å². The Morgan fingerprint density at radius 2 is 2.00 bits per heavy atom. The SMILES string of the molecule is Cc1cccc2c1NC(C(=O)N1CCC(C(N)=O)CC1)C2. The van der Waals surface area contributed by atoms with E-state index >= 15 is 0 Å². The second-order valence-corrected chi connectivity index (χ2v) is 6.01. The first-order valence-electron chi connectivity index (χ1n) is 7.49. The molecule has 0 saturated carbocycles. The van der Waals surface area contributed by atoms with Gasteiger partial charge in [-0.1, -0.05) is 18.2 Å². The molecule has 1 aromatic rings. The number of hydrogen-bond acceptors (Lipinski definition) is 3. The lowest BCUT2D eigenvalue weighted by molar-refractivity contribution is -0.135. The van der Waals surface area contributed by atoms with Gasteiger partial charge in [0.15, 0.2) is 0 Å². The minimum Gasteiger partial charge on any atom is -0.373 e. The van der Waals surface area contributed by atoms with Crippen LogP contribution < -0.4 is 11.1 Å². The number of aryl methyl sites for hydroxylation is 1. The number of piperidine rings is 1. The third-order valence-electron chi connectivity index (χ3n) is 4.61. The number of carbonyl (C=O) groups is 2. The highest BCUT2D eigenvalue weighted by atomic mass is 16.2. The Kier molecular flexibility index (Phi) is 3.57. The second kappa shape index (κ2) is 5.39. The number of nitrogens with one attached hydrogen (secondary N) is 1. The number of rotatable bonds is 2. The van der Waals surface area contributed by atoms with E-state index in [0.29, 0.717) is 25.9 Å². The fraction of sp³-hybridized carbons (Fsp3) is 0.500. The van der Waals surface area contributed by atoms with Crippen LogP contribution in [-0.2, 0) is 16.0 Å². The molecule has 21 heavy (non-hydrogen) atoms. The minimum atomic E-state index is -0.246. The molecule has 112 valence electrons. The van der Waals surface area contributed by atoms with Gasteiger partial charge in [-0.3, -0.25) is 9.59 Å². The van der Waals surface area contributed by atoms with Gasteiger partial charge in [-0.15, -0.1) is 0 Å². The smallest absolute Gasteiger partial charge is 0.245 e. The van der Waals surface area contributed by atoms with Crippen LogP contribution in [0.5, 0.6) is 0 Å². The van der Waals surface area contributed by atoms with Crippen LogP contribution in [0.2, 0.25) is 0 Å². The molecule has 2 aliphatic heterocycles. The fourth-order valence-electron chi connectivity index (χ4n) is 3.30. The van der Waals surface area contributed by atoms with Crippen LogP contribution in [-0.4, -0.2) is 35.8 Å². The Morgan fingerprint density at radius 1 is 1.29 bits per heavy atom. The van der Waals surface area contributed by atoms with E-state index in [1.165, 1.54) is 11.1 Å². The summed E-state index contributed by atoms with van der Waals surface area (Å²) in [6.07, 6.45) is 2.10. The number of benzene rings is 1. The summed E-state index contributed by atoms with van der Waals surface area (Å²) in [5.41, 5.74) is 8.81. The average molecular weight is 287 g/mol. The average Bonchev–Trinajstić information content (AvgIpc) is 2.92. The number of hydrogen-bond donors (Lipinski definition) is 2. The summed E-state index contributed by atoms with van der Waals surface area (Å²) in [7, 11) is 0. The zero-order chi connectivity index (χ0) is 15.0. The molecule has 3 rings (SSSR count). The zero-order valence-electron chi connectivity index (χ0n) is 12.3. The normalized spacial score (nSPS) is 21.8. The number of nitrogens with zero attached hydrogens (tertiary/aromatic N) is 1. The van der Waals surface area contributed by atoms with E-state index in [0.717, 1.165) is 12.1 Å². The quantitative estimate of drug-likeness (QED) is 0.854. The molecule has 2 heterocycles. The van der Waals surface area contributed by atoms with Gasteiger partial charge in [0.05, 0.1) is 0 Å². The third-order valence-corrected chi connectivity index (χ3v) is 4.61. The molecule has 0 bridgehead atoms. The number of para-hydroxylation sites is 1. The van der Waals surface area contributed by atoms with Crippen molar-refractivity contribution < 1.29 is 9.59 Å². The van der Waals surface area contributed by atoms with Crippen LogP contribution in [0.15, 0.2) is 18.2 Å². The summed E-state index contributed by atoms with van der Waals surface area (Å²) in [4.78, 5) is 25.6. The van der Waals surface area contributed by atoms with Gasteiger partial charge in [0.1, 0.15) is 6.04 Å². The number of likely N-dealkylation sites (tertiary alicyclic amines) is 1. The lowest BCUT2D eigenvalue weighted by Crippen LogP contribution is -2.47. The summed E-state index contributed by atoms with van der Waals surface area (Å²) in [6.45, 7) is 3.30. The van der Waals surface area contributed by atoms with Crippen molar-refractivity contribution in [1.29, 1.82) is 0 Å². The van der Waals surface area contributed by atoms with Crippen LogP contribution in [0.1, 0.15) is 24.0 Å². The minimum absolute atomic E-state index is 0.0787. The molecule has 1 atom stereocenters. The molecular formula is C16H21N3O2. The molecule has 0 radical (unpaired) electrons. The number of amides is 2. The van der Waals surface area contributed by atoms with Gasteiger partial charge in [0, 0.05) is 31.1 Å². The predicted molar refractivity (Wildman–Crippen MR) is 80.8 cm³/mol. The number of fused-ring (bicyclic) bond motifs is 1. The number of primary amides is 1. The number of anilines is 1. The largest absolute Gasteiger partial charge is 0.373 e. The Labute approximate surface area is 124 Å². The van der Waals surface area contributed by atoms with Gasteiger partial charge < -0.3 is 16.0 Å². The Bertz CT molecular complexity index is 577. The van der Waals surface area contributed by atoms with Gasteiger partial charge in [0.25, 0.3) is 0 Å². The second-order valence-electron chi connectivity index (χ2n) is 6.01. The molecule has 1 saturated heterocycles. The summed E-state index contributed by atoms with van der Waals surface area (Å²) < 4.78 is 0. The molecule has 5 heteroatoms. The van der Waals surface area contributed by atoms with Crippen molar-refractivity contribution in [1.82, 2.24) is 4.90 Å². The molecule has 0 aliphatic carbocycles. The molecule has 3 N–H and O–H groups in total. The molecule has 1 aromatic carbocycles. The van der Waals surface area contributed by atoms with Crippen molar-refractivity contribution in [2.24, 2.45) is 11.7 Å². The van der Waals surface area contributed by atoms with Crippen molar-refractivity contribution in [2.45, 2.75) is 32.2 Å². The Balaban J connectivity index is 1.64. The van der Waals surface area contributed by atoms with Gasteiger partial charge in [0.2, 0.25) is 11.8 Å². The summed E-state index contributed by atoms with van der Waals surface area (Å²) >= 11 is 0. The van der Waals surface area contributed by atoms with Crippen molar-refractivity contribution >= 4 is 17.5 Å². The van der Waals surface area contributed by atoms with Crippen molar-refractivity contribution in [3.05, 3.63) is 29.3 Å². The summed E-state index contributed by atoms with van der Waals surface area (Å²) in [5.74, 6) is -0.192. The predicted octanol–water partition coefficient (Wildman–Crippen LogP) is 1.06. The maximum atomic E-state index is 12.6. The van der Waals surface area contributed by atoms with Crippen LogP contribution in [0.25, 0.3) is 0 Å². The monoisotopic (exact) mass is 287 g/mol. The van der Waals surface area contributed by atoms with E-state index in [9.17, 15) is 9.59 Å². The Morgan fingerprint density at radius 3 is 2.62 bits per heavy atom. The Hall–Kier alpha value is -2.04. The fourth-order valence-corrected chi connectivity index (χ4v) is 3.30. The molecule has 1 unspecified atom stereocenters. The lowest BCUT2D eigenvalue weighted by atomic mass is 9.95. The van der Waals surface area contributed by atoms with E-state index in [1.807, 2.05) is 11.0 Å². The van der Waals surface area contributed by atoms with Crippen LogP contribution in [0.4, 0.5) is 5.69 Å². The molecule has 1 fully saturated rings. The molecule has 5 nitrogen and oxygen atoms in total. The molecular weight excluding hydrogens is 266 g/mol. The molecule has 2 amide bonds. The first-order chi connectivity index (χ1) is 10.1. The lowest BCUT2D eigenvalue weighted by Gasteiger charge is -2.32. The van der Waals surface area contributed by atoms with Crippen LogP contribution in [0.3, 0.4) is 0 Å². The van der Waals surface area contributed by atoms with Crippen LogP contribution in [0, 0.1) is 12.8 Å². The topological polar surface area (TPSA) is 75.4 Å². The van der Waals surface area contributed by atoms with Gasteiger partial charge in [-0.25, -0.2) is 0 Å². The molecule has 2 aliphatic rings. The maximum Gasteiger partial charge on any atom is 0.245 e. The van der Waals surface area contributed by atoms with Crippen LogP contribution >= 0.6 is 0 Å². The maximum absolute atomic E-state index is 12.6. The van der Waals surface area contributed by atoms with E-state index in [2.05, 4.69) is 24.4 Å². The number of carbonyl (C=O) groups excluding carboxylic acids is 2. The third kappa shape index (κ3) is 2.60. The molecule has 0 spiro atoms. The van der Waals surface area contributed by atoms with E-state index in [1.54, 1.807) is 0 Å². The van der Waals surface area contributed by atoms with Crippen molar-refractivity contribution in [3.8, 4) is 0 Å². The van der Waals surface area contributed by atoms with Crippen molar-refractivity contribution in [3.63, 3.8) is 0 Å². The first kappa shape index (κ1) is 13.9. The zero-order valence-corrected chi connectivity index (χ0v) is 12.3. The summed E-state index contributed by atoms with van der Waals surface area (Å²) in [6, 6.07) is 5.98. The summed E-state index contributed by atoms with van der Waals surface area (Å²) in [5, 5.41) is 3.35. The van der Waals surface area contributed by atoms with E-state index in [4.69, 9.17) is 5.73 Å². The standard InChI is InChI=1S/C16H21N3O2/c1-10-3-2-4-12-9-13(18-14(10)12)16(21)19-7-5-11(6-8-19)15(17)20/h2-4,11,13,18H,5-9H2,1H3,(H2,17,20).